The van der Waals surface area contributed by atoms with E-state index in [2.05, 4.69) is 5.10 Å². The molecule has 1 heterocycles. The standard InChI is InChI=1S/C14H14N4O2/c1-9-12(14(19)20)13(18(3)16-9)17(2)11-6-4-10(8-15)5-7-11/h4-7H,1-3H3,(H,19,20). The molecule has 0 saturated heterocycles. The monoisotopic (exact) mass is 270 g/mol. The van der Waals surface area contributed by atoms with Crippen LogP contribution < -0.4 is 4.90 Å². The highest BCUT2D eigenvalue weighted by Crippen LogP contribution is 2.28. The van der Waals surface area contributed by atoms with Gasteiger partial charge in [-0.3, -0.25) is 4.68 Å². The number of carboxylic acid groups (broad SMARTS) is 1. The highest BCUT2D eigenvalue weighted by Gasteiger charge is 2.23. The second-order valence-electron chi connectivity index (χ2n) is 4.43. The smallest absolute Gasteiger partial charge is 0.341 e. The average molecular weight is 270 g/mol. The third kappa shape index (κ3) is 2.21. The van der Waals surface area contributed by atoms with Crippen molar-refractivity contribution < 1.29 is 9.90 Å². The summed E-state index contributed by atoms with van der Waals surface area (Å²) in [5.41, 5.74) is 1.99. The van der Waals surface area contributed by atoms with Crippen molar-refractivity contribution in [1.82, 2.24) is 9.78 Å². The van der Waals surface area contributed by atoms with Crippen LogP contribution in [0.25, 0.3) is 0 Å². The molecule has 0 aliphatic heterocycles. The quantitative estimate of drug-likeness (QED) is 0.923. The van der Waals surface area contributed by atoms with Crippen molar-refractivity contribution in [3.05, 3.63) is 41.1 Å². The van der Waals surface area contributed by atoms with Crippen LogP contribution in [-0.4, -0.2) is 27.9 Å². The van der Waals surface area contributed by atoms with Crippen molar-refractivity contribution in [2.45, 2.75) is 6.92 Å². The molecule has 0 aliphatic carbocycles. The molecule has 0 amide bonds. The van der Waals surface area contributed by atoms with Gasteiger partial charge in [-0.2, -0.15) is 10.4 Å². The summed E-state index contributed by atoms with van der Waals surface area (Å²) in [6, 6.07) is 8.97. The van der Waals surface area contributed by atoms with Gasteiger partial charge >= 0.3 is 5.97 Å². The normalized spacial score (nSPS) is 10.1. The lowest BCUT2D eigenvalue weighted by molar-refractivity contribution is 0.0697. The van der Waals surface area contributed by atoms with Crippen LogP contribution >= 0.6 is 0 Å². The Morgan fingerprint density at radius 1 is 1.40 bits per heavy atom. The predicted octanol–water partition coefficient (Wildman–Crippen LogP) is 2.07. The number of hydrogen-bond donors (Lipinski definition) is 1. The van der Waals surface area contributed by atoms with Gasteiger partial charge in [0.15, 0.2) is 0 Å². The van der Waals surface area contributed by atoms with Crippen molar-refractivity contribution in [2.75, 3.05) is 11.9 Å². The maximum absolute atomic E-state index is 11.4. The predicted molar refractivity (Wildman–Crippen MR) is 74.1 cm³/mol. The molecule has 0 spiro atoms. The number of carboxylic acids is 1. The molecule has 1 N–H and O–H groups in total. The first-order chi connectivity index (χ1) is 9.45. The molecule has 0 atom stereocenters. The summed E-state index contributed by atoms with van der Waals surface area (Å²) in [7, 11) is 3.47. The van der Waals surface area contributed by atoms with Gasteiger partial charge in [-0.15, -0.1) is 0 Å². The lowest BCUT2D eigenvalue weighted by Gasteiger charge is -2.20. The Morgan fingerprint density at radius 3 is 2.50 bits per heavy atom. The number of hydrogen-bond acceptors (Lipinski definition) is 4. The summed E-state index contributed by atoms with van der Waals surface area (Å²) < 4.78 is 1.54. The number of benzene rings is 1. The van der Waals surface area contributed by atoms with Crippen LogP contribution in [0.15, 0.2) is 24.3 Å². The van der Waals surface area contributed by atoms with Gasteiger partial charge in [0, 0.05) is 19.8 Å². The van der Waals surface area contributed by atoms with Crippen molar-refractivity contribution in [2.24, 2.45) is 7.05 Å². The molecule has 2 aromatic rings. The number of carbonyl (C=O) groups is 1. The van der Waals surface area contributed by atoms with Crippen molar-refractivity contribution in [1.29, 1.82) is 5.26 Å². The molecule has 6 heteroatoms. The molecule has 20 heavy (non-hydrogen) atoms. The first-order valence-corrected chi connectivity index (χ1v) is 5.96. The summed E-state index contributed by atoms with van der Waals surface area (Å²) >= 11 is 0. The van der Waals surface area contributed by atoms with E-state index in [0.29, 0.717) is 17.1 Å². The third-order valence-electron chi connectivity index (χ3n) is 3.11. The van der Waals surface area contributed by atoms with Crippen LogP contribution in [0, 0.1) is 18.3 Å². The van der Waals surface area contributed by atoms with E-state index in [0.717, 1.165) is 5.69 Å². The van der Waals surface area contributed by atoms with E-state index < -0.39 is 5.97 Å². The topological polar surface area (TPSA) is 82.2 Å². The molecule has 6 nitrogen and oxygen atoms in total. The fourth-order valence-electron chi connectivity index (χ4n) is 2.16. The zero-order chi connectivity index (χ0) is 14.9. The molecule has 1 aromatic heterocycles. The van der Waals surface area contributed by atoms with Crippen molar-refractivity contribution in [3.63, 3.8) is 0 Å². The minimum atomic E-state index is -1.01. The fraction of sp³-hybridized carbons (Fsp3) is 0.214. The minimum absolute atomic E-state index is 0.180. The molecule has 102 valence electrons. The van der Waals surface area contributed by atoms with Gasteiger partial charge < -0.3 is 10.0 Å². The molecular weight excluding hydrogens is 256 g/mol. The highest BCUT2D eigenvalue weighted by molar-refractivity contribution is 5.95. The van der Waals surface area contributed by atoms with Crippen LogP contribution in [0.3, 0.4) is 0 Å². The zero-order valence-electron chi connectivity index (χ0n) is 11.5. The number of rotatable bonds is 3. The molecule has 0 fully saturated rings. The molecule has 0 unspecified atom stereocenters. The zero-order valence-corrected chi connectivity index (χ0v) is 11.5. The first kappa shape index (κ1) is 13.6. The van der Waals surface area contributed by atoms with E-state index >= 15 is 0 Å². The van der Waals surface area contributed by atoms with Gasteiger partial charge in [-0.05, 0) is 31.2 Å². The highest BCUT2D eigenvalue weighted by atomic mass is 16.4. The summed E-state index contributed by atoms with van der Waals surface area (Å²) in [4.78, 5) is 13.1. The Morgan fingerprint density at radius 2 is 2.00 bits per heavy atom. The summed E-state index contributed by atoms with van der Waals surface area (Å²) in [6.07, 6.45) is 0. The van der Waals surface area contributed by atoms with Gasteiger partial charge in [-0.1, -0.05) is 0 Å². The largest absolute Gasteiger partial charge is 0.477 e. The molecule has 0 bridgehead atoms. The SMILES string of the molecule is Cc1nn(C)c(N(C)c2ccc(C#N)cc2)c1C(=O)O. The summed E-state index contributed by atoms with van der Waals surface area (Å²) in [6.45, 7) is 1.67. The molecule has 2 rings (SSSR count). The molecule has 1 aromatic carbocycles. The molecule has 0 radical (unpaired) electrons. The van der Waals surface area contributed by atoms with Crippen LogP contribution in [0.2, 0.25) is 0 Å². The Labute approximate surface area is 116 Å². The fourth-order valence-corrected chi connectivity index (χ4v) is 2.16. The van der Waals surface area contributed by atoms with E-state index in [1.165, 1.54) is 4.68 Å². The second kappa shape index (κ2) is 5.05. The van der Waals surface area contributed by atoms with E-state index in [9.17, 15) is 9.90 Å². The lowest BCUT2D eigenvalue weighted by atomic mass is 10.2. The minimum Gasteiger partial charge on any atom is -0.477 e. The Balaban J connectivity index is 2.50. The molecule has 0 saturated carbocycles. The summed E-state index contributed by atoms with van der Waals surface area (Å²) in [5, 5.41) is 22.3. The van der Waals surface area contributed by atoms with Gasteiger partial charge in [0.1, 0.15) is 11.4 Å². The molecular formula is C14H14N4O2. The average Bonchev–Trinajstić information content (AvgIpc) is 2.72. The number of anilines is 2. The van der Waals surface area contributed by atoms with Crippen LogP contribution in [-0.2, 0) is 7.05 Å². The summed E-state index contributed by atoms with van der Waals surface area (Å²) in [5.74, 6) is -0.509. The van der Waals surface area contributed by atoms with E-state index in [4.69, 9.17) is 5.26 Å². The lowest BCUT2D eigenvalue weighted by Crippen LogP contribution is -2.16. The molecule has 0 aliphatic rings. The first-order valence-electron chi connectivity index (χ1n) is 5.96. The second-order valence-corrected chi connectivity index (χ2v) is 4.43. The number of nitriles is 1. The maximum Gasteiger partial charge on any atom is 0.341 e. The van der Waals surface area contributed by atoms with Crippen LogP contribution in [0.1, 0.15) is 21.6 Å². The van der Waals surface area contributed by atoms with Gasteiger partial charge in [0.25, 0.3) is 0 Å². The number of aromatic carboxylic acids is 1. The Bertz CT molecular complexity index is 695. The number of aromatic nitrogens is 2. The Kier molecular flexibility index (Phi) is 3.44. The van der Waals surface area contributed by atoms with Crippen LogP contribution in [0.4, 0.5) is 11.5 Å². The van der Waals surface area contributed by atoms with E-state index in [-0.39, 0.29) is 5.56 Å². The van der Waals surface area contributed by atoms with Gasteiger partial charge in [0.2, 0.25) is 0 Å². The third-order valence-corrected chi connectivity index (χ3v) is 3.11. The van der Waals surface area contributed by atoms with Crippen molar-refractivity contribution in [3.8, 4) is 6.07 Å². The number of nitrogens with zero attached hydrogens (tertiary/aromatic N) is 4. The van der Waals surface area contributed by atoms with E-state index in [1.807, 2.05) is 6.07 Å². The van der Waals surface area contributed by atoms with Crippen molar-refractivity contribution >= 4 is 17.5 Å². The number of aryl methyl sites for hydroxylation is 2. The maximum atomic E-state index is 11.4. The van der Waals surface area contributed by atoms with Gasteiger partial charge in [-0.25, -0.2) is 4.79 Å². The van der Waals surface area contributed by atoms with Crippen LogP contribution in [0.5, 0.6) is 0 Å². The van der Waals surface area contributed by atoms with E-state index in [1.54, 1.807) is 50.2 Å². The Hall–Kier alpha value is -2.81. The van der Waals surface area contributed by atoms with Gasteiger partial charge in [0.05, 0.1) is 17.3 Å².